The third-order valence-electron chi connectivity index (χ3n) is 4.78. The summed E-state index contributed by atoms with van der Waals surface area (Å²) in [6.07, 6.45) is 10.8. The molecule has 0 fully saturated rings. The smallest absolute Gasteiger partial charge is 0.272 e. The average Bonchev–Trinajstić information content (AvgIpc) is 2.71. The largest absolute Gasteiger partial charge is 0.470 e. The number of hydrogen-bond donors (Lipinski definition) is 1. The standard InChI is InChI=1S/C24H25N3O2S/c1-7-17-12-18-13-19(11-16(3)21(18)26-14-17)29-23(30-6)22(28)27-24(4,5)20-10-15(2)8-9-25-20/h1,8-14,23H,2-6H3,(H,27,28). The molecule has 0 bridgehead atoms. The van der Waals surface area contributed by atoms with E-state index in [0.29, 0.717) is 11.3 Å². The highest BCUT2D eigenvalue weighted by atomic mass is 32.2. The molecular weight excluding hydrogens is 394 g/mol. The Morgan fingerprint density at radius 3 is 2.67 bits per heavy atom. The predicted molar refractivity (Wildman–Crippen MR) is 122 cm³/mol. The summed E-state index contributed by atoms with van der Waals surface area (Å²) >= 11 is 1.33. The number of carbonyl (C=O) groups is 1. The maximum absolute atomic E-state index is 13.0. The zero-order valence-corrected chi connectivity index (χ0v) is 18.6. The number of benzene rings is 1. The lowest BCUT2D eigenvalue weighted by Crippen LogP contribution is -2.47. The van der Waals surface area contributed by atoms with Gasteiger partial charge in [0.25, 0.3) is 5.91 Å². The number of ether oxygens (including phenoxy) is 1. The van der Waals surface area contributed by atoms with Crippen molar-refractivity contribution in [3.05, 3.63) is 65.1 Å². The summed E-state index contributed by atoms with van der Waals surface area (Å²) in [5.74, 6) is 2.97. The van der Waals surface area contributed by atoms with Gasteiger partial charge in [0.05, 0.1) is 16.7 Å². The van der Waals surface area contributed by atoms with Gasteiger partial charge in [0.15, 0.2) is 0 Å². The highest BCUT2D eigenvalue weighted by molar-refractivity contribution is 7.99. The molecule has 154 valence electrons. The van der Waals surface area contributed by atoms with E-state index in [9.17, 15) is 4.79 Å². The normalized spacial score (nSPS) is 12.3. The Labute approximate surface area is 181 Å². The summed E-state index contributed by atoms with van der Waals surface area (Å²) in [4.78, 5) is 21.8. The number of rotatable bonds is 6. The summed E-state index contributed by atoms with van der Waals surface area (Å²) in [6, 6.07) is 9.53. The van der Waals surface area contributed by atoms with Gasteiger partial charge in [-0.2, -0.15) is 0 Å². The Hall–Kier alpha value is -3.04. The first kappa shape index (κ1) is 21.7. The van der Waals surface area contributed by atoms with Crippen LogP contribution in [0.3, 0.4) is 0 Å². The Bertz CT molecular complexity index is 1130. The van der Waals surface area contributed by atoms with E-state index in [0.717, 1.165) is 27.7 Å². The second kappa shape index (κ2) is 8.76. The first-order valence-corrected chi connectivity index (χ1v) is 10.8. The number of hydrogen-bond acceptors (Lipinski definition) is 5. The summed E-state index contributed by atoms with van der Waals surface area (Å²) in [7, 11) is 0. The quantitative estimate of drug-likeness (QED) is 0.475. The Kier molecular flexibility index (Phi) is 6.33. The van der Waals surface area contributed by atoms with Crippen molar-refractivity contribution in [2.24, 2.45) is 0 Å². The second-order valence-corrected chi connectivity index (χ2v) is 8.60. The van der Waals surface area contributed by atoms with Crippen LogP contribution in [0.1, 0.15) is 36.2 Å². The number of nitrogens with zero attached hydrogens (tertiary/aromatic N) is 2. The molecule has 1 aromatic carbocycles. The van der Waals surface area contributed by atoms with Gasteiger partial charge >= 0.3 is 0 Å². The number of carbonyl (C=O) groups excluding carboxylic acids is 1. The van der Waals surface area contributed by atoms with Crippen LogP contribution in [-0.4, -0.2) is 27.6 Å². The fourth-order valence-electron chi connectivity index (χ4n) is 3.19. The van der Waals surface area contributed by atoms with Crippen molar-refractivity contribution in [3.63, 3.8) is 0 Å². The van der Waals surface area contributed by atoms with Gasteiger partial charge in [-0.15, -0.1) is 18.2 Å². The lowest BCUT2D eigenvalue weighted by Gasteiger charge is -2.28. The molecule has 1 atom stereocenters. The Morgan fingerprint density at radius 2 is 2.00 bits per heavy atom. The van der Waals surface area contributed by atoms with Crippen LogP contribution in [0.15, 0.2) is 42.7 Å². The van der Waals surface area contributed by atoms with Crippen molar-refractivity contribution in [3.8, 4) is 18.1 Å². The minimum Gasteiger partial charge on any atom is -0.470 e. The molecule has 1 N–H and O–H groups in total. The van der Waals surface area contributed by atoms with Crippen LogP contribution >= 0.6 is 11.8 Å². The molecule has 3 rings (SSSR count). The monoisotopic (exact) mass is 419 g/mol. The zero-order chi connectivity index (χ0) is 21.9. The molecule has 30 heavy (non-hydrogen) atoms. The van der Waals surface area contributed by atoms with E-state index in [4.69, 9.17) is 11.2 Å². The number of terminal acetylenes is 1. The molecule has 0 saturated carbocycles. The van der Waals surface area contributed by atoms with E-state index in [1.54, 1.807) is 12.4 Å². The summed E-state index contributed by atoms with van der Waals surface area (Å²) < 4.78 is 6.04. The molecule has 2 heterocycles. The van der Waals surface area contributed by atoms with Crippen LogP contribution in [0.5, 0.6) is 5.75 Å². The minimum atomic E-state index is -0.713. The van der Waals surface area contributed by atoms with Gasteiger partial charge in [0.1, 0.15) is 5.75 Å². The van der Waals surface area contributed by atoms with Crippen molar-refractivity contribution >= 4 is 28.6 Å². The van der Waals surface area contributed by atoms with Gasteiger partial charge < -0.3 is 10.1 Å². The van der Waals surface area contributed by atoms with Gasteiger partial charge in [-0.1, -0.05) is 5.92 Å². The van der Waals surface area contributed by atoms with Gasteiger partial charge in [-0.25, -0.2) is 0 Å². The molecule has 1 amide bonds. The highest BCUT2D eigenvalue weighted by Gasteiger charge is 2.29. The maximum Gasteiger partial charge on any atom is 0.272 e. The van der Waals surface area contributed by atoms with Crippen LogP contribution in [0.4, 0.5) is 0 Å². The van der Waals surface area contributed by atoms with Crippen LogP contribution < -0.4 is 10.1 Å². The van der Waals surface area contributed by atoms with Crippen LogP contribution in [0, 0.1) is 26.2 Å². The van der Waals surface area contributed by atoms with Crippen molar-refractivity contribution in [2.75, 3.05) is 6.26 Å². The van der Waals surface area contributed by atoms with Crippen LogP contribution in [0.25, 0.3) is 10.9 Å². The molecule has 0 aliphatic heterocycles. The van der Waals surface area contributed by atoms with Gasteiger partial charge in [0.2, 0.25) is 5.44 Å². The predicted octanol–water partition coefficient (Wildman–Crippen LogP) is 4.35. The second-order valence-electron chi connectivity index (χ2n) is 7.70. The SMILES string of the molecule is C#Cc1cnc2c(C)cc(OC(SC)C(=O)NC(C)(C)c3cc(C)ccn3)cc2c1. The molecule has 5 nitrogen and oxygen atoms in total. The highest BCUT2D eigenvalue weighted by Crippen LogP contribution is 2.27. The first-order valence-electron chi connectivity index (χ1n) is 9.55. The minimum absolute atomic E-state index is 0.218. The van der Waals surface area contributed by atoms with Crippen molar-refractivity contribution in [1.29, 1.82) is 0 Å². The van der Waals surface area contributed by atoms with E-state index in [2.05, 4.69) is 21.2 Å². The van der Waals surface area contributed by atoms with E-state index >= 15 is 0 Å². The third-order valence-corrected chi connectivity index (χ3v) is 5.52. The number of amides is 1. The van der Waals surface area contributed by atoms with E-state index < -0.39 is 11.0 Å². The summed E-state index contributed by atoms with van der Waals surface area (Å²) in [6.45, 7) is 7.81. The van der Waals surface area contributed by atoms with Crippen LogP contribution in [0.2, 0.25) is 0 Å². The van der Waals surface area contributed by atoms with E-state index in [1.165, 1.54) is 11.8 Å². The van der Waals surface area contributed by atoms with Crippen molar-refractivity contribution < 1.29 is 9.53 Å². The molecule has 0 spiro atoms. The molecule has 0 radical (unpaired) electrons. The number of thioether (sulfide) groups is 1. The van der Waals surface area contributed by atoms with Crippen molar-refractivity contribution in [2.45, 2.75) is 38.7 Å². The number of fused-ring (bicyclic) bond motifs is 1. The van der Waals surface area contributed by atoms with Gasteiger partial charge in [-0.05, 0) is 75.4 Å². The van der Waals surface area contributed by atoms with E-state index in [-0.39, 0.29) is 5.91 Å². The third kappa shape index (κ3) is 4.74. The average molecular weight is 420 g/mol. The van der Waals surface area contributed by atoms with E-state index in [1.807, 2.05) is 64.3 Å². The molecule has 0 aliphatic rings. The fraction of sp³-hybridized carbons (Fsp3) is 0.292. The van der Waals surface area contributed by atoms with Crippen LogP contribution in [-0.2, 0) is 10.3 Å². The zero-order valence-electron chi connectivity index (χ0n) is 17.8. The molecule has 3 aromatic rings. The van der Waals surface area contributed by atoms with Gasteiger partial charge in [0, 0.05) is 23.3 Å². The number of aryl methyl sites for hydroxylation is 2. The molecule has 6 heteroatoms. The maximum atomic E-state index is 13.0. The number of nitrogens with one attached hydrogen (secondary N) is 1. The van der Waals surface area contributed by atoms with Crippen molar-refractivity contribution in [1.82, 2.24) is 15.3 Å². The lowest BCUT2D eigenvalue weighted by molar-refractivity contribution is -0.126. The fourth-order valence-corrected chi connectivity index (χ4v) is 3.67. The Morgan fingerprint density at radius 1 is 1.23 bits per heavy atom. The molecule has 0 aliphatic carbocycles. The molecule has 2 aromatic heterocycles. The Balaban J connectivity index is 1.82. The topological polar surface area (TPSA) is 64.1 Å². The summed E-state index contributed by atoms with van der Waals surface area (Å²) in [5.41, 5.74) is 3.05. The van der Waals surface area contributed by atoms with Gasteiger partial charge in [-0.3, -0.25) is 14.8 Å². The summed E-state index contributed by atoms with van der Waals surface area (Å²) in [5, 5.41) is 3.93. The lowest BCUT2D eigenvalue weighted by atomic mass is 9.98. The molecule has 1 unspecified atom stereocenters. The molecule has 0 saturated heterocycles. The molecular formula is C24H25N3O2S. The first-order chi connectivity index (χ1) is 14.2. The number of aromatic nitrogens is 2. The number of pyridine rings is 2.